The van der Waals surface area contributed by atoms with E-state index in [1.54, 1.807) is 18.3 Å². The molecule has 3 rings (SSSR count). The Kier molecular flexibility index (Phi) is 5.87. The van der Waals surface area contributed by atoms with Crippen molar-refractivity contribution in [1.82, 2.24) is 9.97 Å². The standard InChI is InChI=1S/C22H20F2N2O3/c1-12(2)8-16-11-25-19(15-9-17(23)21(29-3)18(24)10-15)20(26-16)13-4-6-14(7-5-13)22(27)28/h4-7,9-12H,8H2,1-3H3,(H,27,28). The third-order valence-electron chi connectivity index (χ3n) is 4.32. The van der Waals surface area contributed by atoms with E-state index >= 15 is 0 Å². The third kappa shape index (κ3) is 4.39. The third-order valence-corrected chi connectivity index (χ3v) is 4.32. The summed E-state index contributed by atoms with van der Waals surface area (Å²) in [5.74, 6) is -2.86. The second-order valence-electron chi connectivity index (χ2n) is 7.01. The zero-order valence-corrected chi connectivity index (χ0v) is 16.2. The van der Waals surface area contributed by atoms with Crippen molar-refractivity contribution >= 4 is 5.97 Å². The second kappa shape index (κ2) is 8.34. The van der Waals surface area contributed by atoms with Crippen LogP contribution in [0.5, 0.6) is 5.75 Å². The van der Waals surface area contributed by atoms with Gasteiger partial charge in [0.1, 0.15) is 0 Å². The summed E-state index contributed by atoms with van der Waals surface area (Å²) in [6.07, 6.45) is 2.27. The van der Waals surface area contributed by atoms with Crippen molar-refractivity contribution in [2.24, 2.45) is 5.92 Å². The predicted molar refractivity (Wildman–Crippen MR) is 105 cm³/mol. The highest BCUT2D eigenvalue weighted by molar-refractivity contribution is 5.88. The average Bonchev–Trinajstić information content (AvgIpc) is 2.67. The van der Waals surface area contributed by atoms with Crippen molar-refractivity contribution in [2.75, 3.05) is 7.11 Å². The van der Waals surface area contributed by atoms with Crippen LogP contribution in [-0.2, 0) is 6.42 Å². The summed E-state index contributed by atoms with van der Waals surface area (Å²) in [6, 6.07) is 8.39. The van der Waals surface area contributed by atoms with E-state index in [4.69, 9.17) is 9.84 Å². The zero-order valence-electron chi connectivity index (χ0n) is 16.2. The van der Waals surface area contributed by atoms with Gasteiger partial charge >= 0.3 is 5.97 Å². The number of rotatable bonds is 6. The fraction of sp³-hybridized carbons (Fsp3) is 0.227. The number of benzene rings is 2. The van der Waals surface area contributed by atoms with Crippen LogP contribution in [0.1, 0.15) is 29.9 Å². The number of nitrogens with zero attached hydrogens (tertiary/aromatic N) is 2. The summed E-state index contributed by atoms with van der Waals surface area (Å²) in [5.41, 5.74) is 2.38. The van der Waals surface area contributed by atoms with Crippen molar-refractivity contribution in [3.63, 3.8) is 0 Å². The molecule has 1 aromatic heterocycles. The van der Waals surface area contributed by atoms with E-state index in [1.165, 1.54) is 19.2 Å². The van der Waals surface area contributed by atoms with Gasteiger partial charge in [0.2, 0.25) is 0 Å². The van der Waals surface area contributed by atoms with Crippen LogP contribution in [-0.4, -0.2) is 28.2 Å². The molecule has 0 bridgehead atoms. The van der Waals surface area contributed by atoms with Gasteiger partial charge in [0, 0.05) is 17.3 Å². The lowest BCUT2D eigenvalue weighted by Gasteiger charge is -2.13. The smallest absolute Gasteiger partial charge is 0.335 e. The molecule has 2 aromatic carbocycles. The van der Waals surface area contributed by atoms with E-state index in [0.717, 1.165) is 17.8 Å². The molecular formula is C22H20F2N2O3. The maximum Gasteiger partial charge on any atom is 0.335 e. The summed E-state index contributed by atoms with van der Waals surface area (Å²) < 4.78 is 33.2. The van der Waals surface area contributed by atoms with Crippen molar-refractivity contribution in [1.29, 1.82) is 0 Å². The van der Waals surface area contributed by atoms with Gasteiger partial charge in [-0.15, -0.1) is 0 Å². The molecule has 0 aliphatic rings. The van der Waals surface area contributed by atoms with Gasteiger partial charge < -0.3 is 9.84 Å². The van der Waals surface area contributed by atoms with E-state index in [9.17, 15) is 13.6 Å². The SMILES string of the molecule is COc1c(F)cc(-c2ncc(CC(C)C)nc2-c2ccc(C(=O)O)cc2)cc1F. The van der Waals surface area contributed by atoms with E-state index in [0.29, 0.717) is 29.3 Å². The number of methoxy groups -OCH3 is 1. The van der Waals surface area contributed by atoms with Crippen molar-refractivity contribution in [3.8, 4) is 28.3 Å². The number of aromatic nitrogens is 2. The topological polar surface area (TPSA) is 72.3 Å². The maximum atomic E-state index is 14.2. The zero-order chi connectivity index (χ0) is 21.1. The first-order valence-corrected chi connectivity index (χ1v) is 9.03. The molecule has 0 aliphatic heterocycles. The van der Waals surface area contributed by atoms with Gasteiger partial charge in [-0.1, -0.05) is 26.0 Å². The summed E-state index contributed by atoms with van der Waals surface area (Å²) >= 11 is 0. The minimum atomic E-state index is -1.05. The van der Waals surface area contributed by atoms with Crippen molar-refractivity contribution < 1.29 is 23.4 Å². The van der Waals surface area contributed by atoms with Gasteiger partial charge in [-0.2, -0.15) is 0 Å². The number of carboxylic acids is 1. The molecule has 0 radical (unpaired) electrons. The number of aromatic carboxylic acids is 1. The number of hydrogen-bond acceptors (Lipinski definition) is 4. The highest BCUT2D eigenvalue weighted by Crippen LogP contribution is 2.33. The first-order chi connectivity index (χ1) is 13.8. The van der Waals surface area contributed by atoms with Gasteiger partial charge in [-0.3, -0.25) is 4.98 Å². The molecule has 150 valence electrons. The van der Waals surface area contributed by atoms with E-state index < -0.39 is 23.4 Å². The molecule has 0 saturated heterocycles. The summed E-state index contributed by atoms with van der Waals surface area (Å²) in [5, 5.41) is 9.11. The summed E-state index contributed by atoms with van der Waals surface area (Å²) in [4.78, 5) is 20.2. The van der Waals surface area contributed by atoms with Crippen LogP contribution in [0.2, 0.25) is 0 Å². The van der Waals surface area contributed by atoms with E-state index in [-0.39, 0.29) is 11.1 Å². The Hall–Kier alpha value is -3.35. The largest absolute Gasteiger partial charge is 0.491 e. The van der Waals surface area contributed by atoms with Crippen LogP contribution in [0.4, 0.5) is 8.78 Å². The van der Waals surface area contributed by atoms with Gasteiger partial charge in [0.05, 0.1) is 29.8 Å². The quantitative estimate of drug-likeness (QED) is 0.633. The van der Waals surface area contributed by atoms with Gasteiger partial charge in [-0.25, -0.2) is 18.6 Å². The fourth-order valence-electron chi connectivity index (χ4n) is 3.02. The Labute approximate surface area is 167 Å². The average molecular weight is 398 g/mol. The monoisotopic (exact) mass is 398 g/mol. The maximum absolute atomic E-state index is 14.2. The van der Waals surface area contributed by atoms with Crippen LogP contribution < -0.4 is 4.74 Å². The van der Waals surface area contributed by atoms with Crippen LogP contribution in [0, 0.1) is 17.6 Å². The van der Waals surface area contributed by atoms with Crippen LogP contribution >= 0.6 is 0 Å². The molecule has 3 aromatic rings. The van der Waals surface area contributed by atoms with Crippen LogP contribution in [0.15, 0.2) is 42.6 Å². The summed E-state index contributed by atoms with van der Waals surface area (Å²) in [7, 11) is 1.19. The van der Waals surface area contributed by atoms with E-state index in [2.05, 4.69) is 9.97 Å². The molecule has 0 spiro atoms. The second-order valence-corrected chi connectivity index (χ2v) is 7.01. The molecule has 5 nitrogen and oxygen atoms in total. The molecule has 29 heavy (non-hydrogen) atoms. The van der Waals surface area contributed by atoms with Gasteiger partial charge in [0.25, 0.3) is 0 Å². The number of carboxylic acid groups (broad SMARTS) is 1. The first kappa shape index (κ1) is 20.4. The number of hydrogen-bond donors (Lipinski definition) is 1. The Morgan fingerprint density at radius 1 is 1.07 bits per heavy atom. The lowest BCUT2D eigenvalue weighted by molar-refractivity contribution is 0.0697. The molecule has 1 heterocycles. The minimum absolute atomic E-state index is 0.128. The lowest BCUT2D eigenvalue weighted by atomic mass is 10.0. The van der Waals surface area contributed by atoms with Crippen LogP contribution in [0.3, 0.4) is 0 Å². The molecular weight excluding hydrogens is 378 g/mol. The first-order valence-electron chi connectivity index (χ1n) is 9.03. The van der Waals surface area contributed by atoms with Crippen molar-refractivity contribution in [3.05, 3.63) is 65.5 Å². The highest BCUT2D eigenvalue weighted by atomic mass is 19.1. The summed E-state index contributed by atoms with van der Waals surface area (Å²) in [6.45, 7) is 4.09. The van der Waals surface area contributed by atoms with E-state index in [1.807, 2.05) is 13.8 Å². The van der Waals surface area contributed by atoms with Crippen LogP contribution in [0.25, 0.3) is 22.5 Å². The molecule has 7 heteroatoms. The Balaban J connectivity index is 2.18. The number of ether oxygens (including phenoxy) is 1. The molecule has 0 saturated carbocycles. The molecule has 1 N–H and O–H groups in total. The molecule has 0 unspecified atom stereocenters. The highest BCUT2D eigenvalue weighted by Gasteiger charge is 2.18. The molecule has 0 atom stereocenters. The normalized spacial score (nSPS) is 11.0. The van der Waals surface area contributed by atoms with Gasteiger partial charge in [0.15, 0.2) is 17.4 Å². The Morgan fingerprint density at radius 3 is 2.21 bits per heavy atom. The lowest BCUT2D eigenvalue weighted by Crippen LogP contribution is -2.03. The Morgan fingerprint density at radius 2 is 1.69 bits per heavy atom. The number of carbonyl (C=O) groups is 1. The number of halogens is 2. The molecule has 0 aliphatic carbocycles. The Bertz CT molecular complexity index is 1030. The molecule has 0 amide bonds. The predicted octanol–water partition coefficient (Wildman–Crippen LogP) is 4.99. The molecule has 0 fully saturated rings. The fourth-order valence-corrected chi connectivity index (χ4v) is 3.02. The van der Waals surface area contributed by atoms with Gasteiger partial charge in [-0.05, 0) is 36.6 Å². The minimum Gasteiger partial charge on any atom is -0.491 e. The van der Waals surface area contributed by atoms with Crippen molar-refractivity contribution in [2.45, 2.75) is 20.3 Å².